The average Bonchev–Trinajstić information content (AvgIpc) is 2.87. The summed E-state index contributed by atoms with van der Waals surface area (Å²) in [5.74, 6) is -2.30. The lowest BCUT2D eigenvalue weighted by Gasteiger charge is -2.26. The van der Waals surface area contributed by atoms with E-state index >= 15 is 0 Å². The highest BCUT2D eigenvalue weighted by molar-refractivity contribution is 5.96. The number of carboxylic acids is 1. The van der Waals surface area contributed by atoms with Gasteiger partial charge in [-0.05, 0) is 25.3 Å². The zero-order chi connectivity index (χ0) is 13.1. The molecule has 0 aromatic heterocycles. The summed E-state index contributed by atoms with van der Waals surface area (Å²) >= 11 is 0. The average molecular weight is 247 g/mol. The van der Waals surface area contributed by atoms with Crippen molar-refractivity contribution < 1.29 is 14.7 Å². The lowest BCUT2D eigenvalue weighted by atomic mass is 10.0. The van der Waals surface area contributed by atoms with Crippen LogP contribution in [0.3, 0.4) is 0 Å². The first-order valence-corrected chi connectivity index (χ1v) is 6.19. The predicted octanol–water partition coefficient (Wildman–Crippen LogP) is 2.07. The van der Waals surface area contributed by atoms with Gasteiger partial charge in [-0.2, -0.15) is 0 Å². The highest BCUT2D eigenvalue weighted by Gasteiger charge is 2.34. The molecule has 2 rings (SSSR count). The van der Waals surface area contributed by atoms with Crippen LogP contribution < -0.4 is 0 Å². The Balaban J connectivity index is 2.18. The summed E-state index contributed by atoms with van der Waals surface area (Å²) in [6.45, 7) is 2.10. The molecule has 1 N–H and O–H groups in total. The number of carbonyl (C=O) groups is 2. The van der Waals surface area contributed by atoms with Gasteiger partial charge in [-0.25, -0.2) is 0 Å². The summed E-state index contributed by atoms with van der Waals surface area (Å²) in [6, 6.07) is 9.82. The van der Waals surface area contributed by atoms with Crippen LogP contribution in [0, 0.1) is 5.92 Å². The van der Waals surface area contributed by atoms with Crippen molar-refractivity contribution in [2.75, 3.05) is 6.54 Å². The third-order valence-corrected chi connectivity index (χ3v) is 3.46. The zero-order valence-electron chi connectivity index (χ0n) is 10.4. The highest BCUT2D eigenvalue weighted by atomic mass is 16.4. The van der Waals surface area contributed by atoms with Gasteiger partial charge in [-0.3, -0.25) is 9.59 Å². The monoisotopic (exact) mass is 247 g/mol. The van der Waals surface area contributed by atoms with E-state index in [2.05, 4.69) is 0 Å². The van der Waals surface area contributed by atoms with Crippen molar-refractivity contribution in [1.29, 1.82) is 0 Å². The Morgan fingerprint density at radius 3 is 2.61 bits per heavy atom. The van der Waals surface area contributed by atoms with Gasteiger partial charge >= 0.3 is 5.97 Å². The van der Waals surface area contributed by atoms with Crippen molar-refractivity contribution in [3.63, 3.8) is 0 Å². The highest BCUT2D eigenvalue weighted by Crippen LogP contribution is 2.32. The van der Waals surface area contributed by atoms with Crippen molar-refractivity contribution in [3.8, 4) is 0 Å². The van der Waals surface area contributed by atoms with E-state index in [1.807, 2.05) is 30.3 Å². The van der Waals surface area contributed by atoms with Gasteiger partial charge in [0.1, 0.15) is 5.92 Å². The van der Waals surface area contributed by atoms with E-state index in [-0.39, 0.29) is 11.9 Å². The van der Waals surface area contributed by atoms with Crippen LogP contribution >= 0.6 is 0 Å². The molecular weight excluding hydrogens is 230 g/mol. The molecule has 0 saturated carbocycles. The Labute approximate surface area is 106 Å². The number of amides is 1. The van der Waals surface area contributed by atoms with Crippen LogP contribution in [0.25, 0.3) is 0 Å². The minimum atomic E-state index is -1.06. The van der Waals surface area contributed by atoms with E-state index in [1.165, 1.54) is 6.92 Å². The van der Waals surface area contributed by atoms with Crippen molar-refractivity contribution in [2.24, 2.45) is 5.92 Å². The van der Waals surface area contributed by atoms with Gasteiger partial charge in [0.25, 0.3) is 0 Å². The minimum absolute atomic E-state index is 0.0282. The molecule has 1 aromatic carbocycles. The SMILES string of the molecule is CC(C(=O)O)C(=O)N1CCCC1c1ccccc1. The summed E-state index contributed by atoms with van der Waals surface area (Å²) in [7, 11) is 0. The molecule has 1 aromatic rings. The van der Waals surface area contributed by atoms with E-state index in [4.69, 9.17) is 5.11 Å². The van der Waals surface area contributed by atoms with E-state index in [1.54, 1.807) is 4.90 Å². The first-order chi connectivity index (χ1) is 8.61. The lowest BCUT2D eigenvalue weighted by molar-refractivity contribution is -0.150. The molecule has 1 heterocycles. The number of hydrogen-bond donors (Lipinski definition) is 1. The Hall–Kier alpha value is -1.84. The molecule has 2 unspecified atom stereocenters. The molecule has 0 spiro atoms. The topological polar surface area (TPSA) is 57.6 Å². The number of aliphatic carboxylic acids is 1. The number of carbonyl (C=O) groups excluding carboxylic acids is 1. The molecular formula is C14H17NO3. The Kier molecular flexibility index (Phi) is 3.65. The van der Waals surface area contributed by atoms with Crippen molar-refractivity contribution in [2.45, 2.75) is 25.8 Å². The van der Waals surface area contributed by atoms with Gasteiger partial charge in [0, 0.05) is 6.54 Å². The number of rotatable bonds is 3. The van der Waals surface area contributed by atoms with Gasteiger partial charge in [0.15, 0.2) is 0 Å². The van der Waals surface area contributed by atoms with Gasteiger partial charge in [0.05, 0.1) is 6.04 Å². The number of hydrogen-bond acceptors (Lipinski definition) is 2. The van der Waals surface area contributed by atoms with Crippen LogP contribution in [0.2, 0.25) is 0 Å². The Morgan fingerprint density at radius 2 is 2.00 bits per heavy atom. The second kappa shape index (κ2) is 5.21. The number of carboxylic acid groups (broad SMARTS) is 1. The van der Waals surface area contributed by atoms with Crippen LogP contribution in [-0.4, -0.2) is 28.4 Å². The lowest BCUT2D eigenvalue weighted by Crippen LogP contribution is -2.37. The van der Waals surface area contributed by atoms with E-state index in [0.29, 0.717) is 6.54 Å². The molecule has 1 fully saturated rings. The third-order valence-electron chi connectivity index (χ3n) is 3.46. The smallest absolute Gasteiger partial charge is 0.315 e. The fraction of sp³-hybridized carbons (Fsp3) is 0.429. The summed E-state index contributed by atoms with van der Waals surface area (Å²) in [5.41, 5.74) is 1.08. The van der Waals surface area contributed by atoms with Gasteiger partial charge < -0.3 is 10.0 Å². The van der Waals surface area contributed by atoms with Gasteiger partial charge in [0.2, 0.25) is 5.91 Å². The van der Waals surface area contributed by atoms with Crippen molar-refractivity contribution in [3.05, 3.63) is 35.9 Å². The van der Waals surface area contributed by atoms with Crippen molar-refractivity contribution in [1.82, 2.24) is 4.90 Å². The van der Waals surface area contributed by atoms with Crippen LogP contribution in [0.5, 0.6) is 0 Å². The van der Waals surface area contributed by atoms with Crippen LogP contribution in [0.15, 0.2) is 30.3 Å². The summed E-state index contributed by atoms with van der Waals surface area (Å²) in [6.07, 6.45) is 1.83. The molecule has 4 heteroatoms. The normalized spacial score (nSPS) is 20.7. The molecule has 4 nitrogen and oxygen atoms in total. The number of likely N-dealkylation sites (tertiary alicyclic amines) is 1. The summed E-state index contributed by atoms with van der Waals surface area (Å²) < 4.78 is 0. The van der Waals surface area contributed by atoms with Crippen LogP contribution in [0.4, 0.5) is 0 Å². The maximum absolute atomic E-state index is 12.1. The number of nitrogens with zero attached hydrogens (tertiary/aromatic N) is 1. The number of benzene rings is 1. The molecule has 1 amide bonds. The molecule has 0 aliphatic carbocycles. The van der Waals surface area contributed by atoms with Crippen LogP contribution in [0.1, 0.15) is 31.4 Å². The Bertz CT molecular complexity index is 444. The molecule has 1 aliphatic rings. The van der Waals surface area contributed by atoms with Gasteiger partial charge in [-0.15, -0.1) is 0 Å². The molecule has 0 radical (unpaired) electrons. The van der Waals surface area contributed by atoms with E-state index in [9.17, 15) is 9.59 Å². The standard InChI is InChI=1S/C14H17NO3/c1-10(14(17)18)13(16)15-9-5-8-12(15)11-6-3-2-4-7-11/h2-4,6-7,10,12H,5,8-9H2,1H3,(H,17,18). The second-order valence-electron chi connectivity index (χ2n) is 4.66. The minimum Gasteiger partial charge on any atom is -0.481 e. The summed E-state index contributed by atoms with van der Waals surface area (Å²) in [4.78, 5) is 24.7. The molecule has 0 bridgehead atoms. The molecule has 1 aliphatic heterocycles. The van der Waals surface area contributed by atoms with Gasteiger partial charge in [-0.1, -0.05) is 30.3 Å². The molecule has 1 saturated heterocycles. The van der Waals surface area contributed by atoms with E-state index < -0.39 is 11.9 Å². The fourth-order valence-electron chi connectivity index (χ4n) is 2.41. The zero-order valence-corrected chi connectivity index (χ0v) is 10.4. The Morgan fingerprint density at radius 1 is 1.33 bits per heavy atom. The molecule has 2 atom stereocenters. The largest absolute Gasteiger partial charge is 0.481 e. The molecule has 18 heavy (non-hydrogen) atoms. The first-order valence-electron chi connectivity index (χ1n) is 6.19. The van der Waals surface area contributed by atoms with Crippen molar-refractivity contribution >= 4 is 11.9 Å². The third kappa shape index (κ3) is 2.37. The summed E-state index contributed by atoms with van der Waals surface area (Å²) in [5, 5.41) is 8.92. The second-order valence-corrected chi connectivity index (χ2v) is 4.66. The quantitative estimate of drug-likeness (QED) is 0.832. The fourth-order valence-corrected chi connectivity index (χ4v) is 2.41. The van der Waals surface area contributed by atoms with E-state index in [0.717, 1.165) is 18.4 Å². The predicted molar refractivity (Wildman–Crippen MR) is 66.9 cm³/mol. The molecule has 96 valence electrons. The maximum atomic E-state index is 12.1. The maximum Gasteiger partial charge on any atom is 0.315 e. The first kappa shape index (κ1) is 12.6. The van der Waals surface area contributed by atoms with Crippen LogP contribution in [-0.2, 0) is 9.59 Å².